The molecule has 0 radical (unpaired) electrons. The molecule has 0 saturated carbocycles. The van der Waals surface area contributed by atoms with Crippen LogP contribution in [0.5, 0.6) is 0 Å². The first-order chi connectivity index (χ1) is 9.74. The number of hydrogen-bond donors (Lipinski definition) is 0. The minimum absolute atomic E-state index is 0.686. The molecule has 0 aliphatic rings. The number of para-hydroxylation sites is 1. The first-order valence-corrected chi connectivity index (χ1v) is 7.49. The van der Waals surface area contributed by atoms with Crippen LogP contribution >= 0.6 is 27.7 Å². The zero-order valence-electron chi connectivity index (χ0n) is 10.6. The van der Waals surface area contributed by atoms with E-state index in [0.29, 0.717) is 5.16 Å². The van der Waals surface area contributed by atoms with Gasteiger partial charge in [-0.05, 0) is 68.8 Å². The fourth-order valence-corrected chi connectivity index (χ4v) is 2.69. The maximum Gasteiger partial charge on any atom is 0.220 e. The van der Waals surface area contributed by atoms with Gasteiger partial charge in [0.15, 0.2) is 0 Å². The molecule has 100 valence electrons. The maximum atomic E-state index is 4.36. The highest BCUT2D eigenvalue weighted by molar-refractivity contribution is 9.10. The predicted molar refractivity (Wildman–Crippen MR) is 80.0 cm³/mol. The van der Waals surface area contributed by atoms with E-state index < -0.39 is 0 Å². The Hall–Kier alpha value is -1.73. The van der Waals surface area contributed by atoms with E-state index in [9.17, 15) is 0 Å². The van der Waals surface area contributed by atoms with Crippen LogP contribution in [0.3, 0.4) is 0 Å². The van der Waals surface area contributed by atoms with Crippen molar-refractivity contribution in [3.63, 3.8) is 0 Å². The summed E-state index contributed by atoms with van der Waals surface area (Å²) in [7, 11) is 0. The van der Waals surface area contributed by atoms with Crippen LogP contribution in [-0.2, 0) is 0 Å². The summed E-state index contributed by atoms with van der Waals surface area (Å²) in [5, 5.41) is 13.4. The highest BCUT2D eigenvalue weighted by Crippen LogP contribution is 2.27. The maximum absolute atomic E-state index is 4.36. The van der Waals surface area contributed by atoms with E-state index in [1.54, 1.807) is 10.9 Å². The lowest BCUT2D eigenvalue weighted by molar-refractivity contribution is 0.756. The summed E-state index contributed by atoms with van der Waals surface area (Å²) in [4.78, 5) is 4.36. The van der Waals surface area contributed by atoms with Crippen molar-refractivity contribution >= 4 is 27.7 Å². The third-order valence-electron chi connectivity index (χ3n) is 2.66. The molecule has 0 fully saturated rings. The largest absolute Gasteiger partial charge is 0.248 e. The highest BCUT2D eigenvalue weighted by Gasteiger charge is 2.11. The average Bonchev–Trinajstić information content (AvgIpc) is 2.92. The highest BCUT2D eigenvalue weighted by atomic mass is 79.9. The van der Waals surface area contributed by atoms with Gasteiger partial charge >= 0.3 is 0 Å². The minimum Gasteiger partial charge on any atom is -0.248 e. The lowest BCUT2D eigenvalue weighted by Crippen LogP contribution is -1.98. The van der Waals surface area contributed by atoms with Gasteiger partial charge in [0.1, 0.15) is 5.03 Å². The zero-order valence-corrected chi connectivity index (χ0v) is 13.0. The van der Waals surface area contributed by atoms with Gasteiger partial charge in [-0.15, -0.1) is 5.10 Å². The van der Waals surface area contributed by atoms with Crippen LogP contribution in [0.25, 0.3) is 5.69 Å². The molecule has 7 heteroatoms. The second-order valence-corrected chi connectivity index (χ2v) is 5.92. The van der Waals surface area contributed by atoms with E-state index in [0.717, 1.165) is 20.7 Å². The van der Waals surface area contributed by atoms with Crippen LogP contribution in [0.4, 0.5) is 0 Å². The summed E-state index contributed by atoms with van der Waals surface area (Å²) in [6.45, 7) is 2.02. The van der Waals surface area contributed by atoms with Crippen molar-refractivity contribution < 1.29 is 0 Å². The van der Waals surface area contributed by atoms with Gasteiger partial charge in [0.2, 0.25) is 5.16 Å². The molecule has 2 aromatic heterocycles. The van der Waals surface area contributed by atoms with Crippen LogP contribution in [0.2, 0.25) is 0 Å². The van der Waals surface area contributed by atoms with E-state index in [-0.39, 0.29) is 0 Å². The van der Waals surface area contributed by atoms with Crippen molar-refractivity contribution in [2.24, 2.45) is 0 Å². The smallest absolute Gasteiger partial charge is 0.220 e. The molecule has 0 bridgehead atoms. The zero-order chi connectivity index (χ0) is 13.9. The van der Waals surface area contributed by atoms with Gasteiger partial charge in [-0.1, -0.05) is 18.2 Å². The predicted octanol–water partition coefficient (Wildman–Crippen LogP) is 3.28. The van der Waals surface area contributed by atoms with Gasteiger partial charge in [-0.3, -0.25) is 0 Å². The summed E-state index contributed by atoms with van der Waals surface area (Å²) in [5.41, 5.74) is 2.05. The molecule has 0 aliphatic heterocycles. The summed E-state index contributed by atoms with van der Waals surface area (Å²) in [6, 6.07) is 11.8. The second-order valence-electron chi connectivity index (χ2n) is 4.08. The summed E-state index contributed by atoms with van der Waals surface area (Å²) < 4.78 is 2.69. The molecule has 1 aromatic carbocycles. The molecule has 0 atom stereocenters. The molecule has 0 saturated heterocycles. The van der Waals surface area contributed by atoms with Crippen LogP contribution in [0.15, 0.2) is 57.3 Å². The summed E-state index contributed by atoms with van der Waals surface area (Å²) in [6.07, 6.45) is 1.79. The summed E-state index contributed by atoms with van der Waals surface area (Å²) >= 11 is 4.87. The molecular weight excluding hydrogens is 338 g/mol. The van der Waals surface area contributed by atoms with Crippen LogP contribution in [-0.4, -0.2) is 25.2 Å². The number of rotatable bonds is 3. The minimum atomic E-state index is 0.686. The van der Waals surface area contributed by atoms with Crippen molar-refractivity contribution in [3.8, 4) is 5.69 Å². The van der Waals surface area contributed by atoms with E-state index in [1.807, 2.05) is 43.3 Å². The molecule has 2 heterocycles. The van der Waals surface area contributed by atoms with Crippen LogP contribution in [0.1, 0.15) is 5.56 Å². The Bertz CT molecular complexity index is 729. The average molecular weight is 348 g/mol. The van der Waals surface area contributed by atoms with Crippen molar-refractivity contribution in [3.05, 3.63) is 52.6 Å². The Kier molecular flexibility index (Phi) is 3.79. The van der Waals surface area contributed by atoms with Gasteiger partial charge in [0, 0.05) is 10.7 Å². The number of aryl methyl sites for hydroxylation is 1. The van der Waals surface area contributed by atoms with Crippen LogP contribution < -0.4 is 0 Å². The Morgan fingerprint density at radius 2 is 2.00 bits per heavy atom. The van der Waals surface area contributed by atoms with Gasteiger partial charge in [0.25, 0.3) is 0 Å². The Balaban J connectivity index is 1.92. The number of halogens is 1. The van der Waals surface area contributed by atoms with E-state index in [4.69, 9.17) is 0 Å². The third-order valence-corrected chi connectivity index (χ3v) is 4.36. The van der Waals surface area contributed by atoms with Crippen molar-refractivity contribution in [2.75, 3.05) is 0 Å². The first-order valence-electron chi connectivity index (χ1n) is 5.88. The van der Waals surface area contributed by atoms with E-state index >= 15 is 0 Å². The first kappa shape index (κ1) is 13.3. The molecule has 0 spiro atoms. The molecule has 3 aromatic rings. The second kappa shape index (κ2) is 5.72. The fraction of sp³-hybridized carbons (Fsp3) is 0.0769. The Morgan fingerprint density at radius 3 is 2.75 bits per heavy atom. The summed E-state index contributed by atoms with van der Waals surface area (Å²) in [5.74, 6) is 0. The van der Waals surface area contributed by atoms with Crippen LogP contribution in [0, 0.1) is 6.92 Å². The van der Waals surface area contributed by atoms with Crippen molar-refractivity contribution in [2.45, 2.75) is 17.1 Å². The SMILES string of the molecule is Cc1cc(Sc2nnnn2-c2ccccc2)ncc1Br. The lowest BCUT2D eigenvalue weighted by Gasteiger charge is -2.04. The van der Waals surface area contributed by atoms with E-state index in [2.05, 4.69) is 36.4 Å². The quantitative estimate of drug-likeness (QED) is 0.727. The van der Waals surface area contributed by atoms with Crippen molar-refractivity contribution in [1.29, 1.82) is 0 Å². The Labute approximate surface area is 128 Å². The number of pyridine rings is 1. The van der Waals surface area contributed by atoms with Gasteiger partial charge in [-0.2, -0.15) is 4.68 Å². The van der Waals surface area contributed by atoms with Gasteiger partial charge < -0.3 is 0 Å². The standard InChI is InChI=1S/C13H10BrN5S/c1-9-7-12(15-8-11(9)14)20-13-16-17-18-19(13)10-5-3-2-4-6-10/h2-8H,1H3. The molecule has 5 nitrogen and oxygen atoms in total. The number of benzene rings is 1. The molecule has 20 heavy (non-hydrogen) atoms. The molecule has 0 N–H and O–H groups in total. The molecule has 0 amide bonds. The third kappa shape index (κ3) is 2.73. The fourth-order valence-electron chi connectivity index (χ4n) is 1.64. The normalized spacial score (nSPS) is 10.7. The monoisotopic (exact) mass is 347 g/mol. The number of nitrogens with zero attached hydrogens (tertiary/aromatic N) is 5. The van der Waals surface area contributed by atoms with E-state index in [1.165, 1.54) is 11.8 Å². The Morgan fingerprint density at radius 1 is 1.20 bits per heavy atom. The van der Waals surface area contributed by atoms with Gasteiger partial charge in [-0.25, -0.2) is 4.98 Å². The molecular formula is C13H10BrN5S. The number of aromatic nitrogens is 5. The van der Waals surface area contributed by atoms with Crippen molar-refractivity contribution in [1.82, 2.24) is 25.2 Å². The molecule has 0 unspecified atom stereocenters. The number of tetrazole rings is 1. The molecule has 3 rings (SSSR count). The topological polar surface area (TPSA) is 56.5 Å². The lowest BCUT2D eigenvalue weighted by atomic mass is 10.3. The molecule has 0 aliphatic carbocycles. The number of hydrogen-bond acceptors (Lipinski definition) is 5. The van der Waals surface area contributed by atoms with Gasteiger partial charge in [0.05, 0.1) is 5.69 Å².